The number of unbranched alkanes of at least 4 members (excludes halogenated alkanes) is 3. The van der Waals surface area contributed by atoms with E-state index in [-0.39, 0.29) is 24.0 Å². The van der Waals surface area contributed by atoms with Crippen LogP contribution in [0.25, 0.3) is 0 Å². The molecule has 3 nitrogen and oxygen atoms in total. The second-order valence-corrected chi connectivity index (χ2v) is 4.49. The van der Waals surface area contributed by atoms with Gasteiger partial charge in [-0.1, -0.05) is 56.5 Å². The van der Waals surface area contributed by atoms with Gasteiger partial charge in [-0.15, -0.1) is 24.0 Å². The lowest BCUT2D eigenvalue weighted by molar-refractivity contribution is 0.673. The Morgan fingerprint density at radius 3 is 2.58 bits per heavy atom. The quantitative estimate of drug-likeness (QED) is 0.317. The van der Waals surface area contributed by atoms with E-state index in [9.17, 15) is 0 Å². The molecule has 3 N–H and O–H groups in total. The molecule has 0 saturated heterocycles. The summed E-state index contributed by atoms with van der Waals surface area (Å²) in [6.07, 6.45) is 5.91. The van der Waals surface area contributed by atoms with E-state index in [1.54, 1.807) is 0 Å². The van der Waals surface area contributed by atoms with E-state index in [1.165, 1.54) is 24.8 Å². The van der Waals surface area contributed by atoms with Crippen molar-refractivity contribution < 1.29 is 0 Å². The van der Waals surface area contributed by atoms with Crippen molar-refractivity contribution in [1.29, 1.82) is 0 Å². The van der Waals surface area contributed by atoms with Crippen LogP contribution < -0.4 is 11.1 Å². The van der Waals surface area contributed by atoms with Gasteiger partial charge in [-0.3, -0.25) is 4.99 Å². The molecule has 0 bridgehead atoms. The van der Waals surface area contributed by atoms with Gasteiger partial charge in [0.2, 0.25) is 0 Å². The average Bonchev–Trinajstić information content (AvgIpc) is 2.40. The molecule has 1 aromatic rings. The van der Waals surface area contributed by atoms with Gasteiger partial charge in [0, 0.05) is 13.1 Å². The minimum atomic E-state index is 0. The number of guanidine groups is 1. The summed E-state index contributed by atoms with van der Waals surface area (Å²) in [6, 6.07) is 10.4. The number of hydrogen-bond acceptors (Lipinski definition) is 1. The van der Waals surface area contributed by atoms with E-state index in [0.717, 1.165) is 25.9 Å². The molecular formula is C15H26IN3. The third-order valence-electron chi connectivity index (χ3n) is 2.86. The van der Waals surface area contributed by atoms with Crippen molar-refractivity contribution in [2.45, 2.75) is 39.0 Å². The third kappa shape index (κ3) is 9.76. The maximum Gasteiger partial charge on any atom is 0.188 e. The van der Waals surface area contributed by atoms with Crippen LogP contribution in [0.15, 0.2) is 35.3 Å². The Morgan fingerprint density at radius 2 is 1.89 bits per heavy atom. The van der Waals surface area contributed by atoms with Gasteiger partial charge in [-0.05, 0) is 18.4 Å². The molecule has 4 heteroatoms. The molecule has 0 spiro atoms. The first-order chi connectivity index (χ1) is 8.83. The molecule has 0 saturated carbocycles. The summed E-state index contributed by atoms with van der Waals surface area (Å²) in [5.41, 5.74) is 7.11. The number of aliphatic imine (C=N–C) groups is 1. The fourth-order valence-corrected chi connectivity index (χ4v) is 1.77. The molecule has 108 valence electrons. The van der Waals surface area contributed by atoms with E-state index in [0.29, 0.717) is 5.96 Å². The summed E-state index contributed by atoms with van der Waals surface area (Å²) in [6.45, 7) is 3.89. The van der Waals surface area contributed by atoms with Gasteiger partial charge in [-0.25, -0.2) is 0 Å². The fraction of sp³-hybridized carbons (Fsp3) is 0.533. The van der Waals surface area contributed by atoms with Crippen molar-refractivity contribution in [3.8, 4) is 0 Å². The lowest BCUT2D eigenvalue weighted by Crippen LogP contribution is -2.33. The molecule has 0 unspecified atom stereocenters. The first-order valence-corrected chi connectivity index (χ1v) is 6.90. The van der Waals surface area contributed by atoms with Crippen LogP contribution in [0.2, 0.25) is 0 Å². The molecule has 0 aliphatic heterocycles. The second kappa shape index (κ2) is 12.3. The number of nitrogens with two attached hydrogens (primary N) is 1. The van der Waals surface area contributed by atoms with Gasteiger partial charge < -0.3 is 11.1 Å². The molecule has 0 aliphatic carbocycles. The molecule has 1 aromatic carbocycles. The molecule has 0 atom stereocenters. The van der Waals surface area contributed by atoms with Crippen LogP contribution >= 0.6 is 24.0 Å². The molecule has 0 aliphatic rings. The zero-order valence-electron chi connectivity index (χ0n) is 11.8. The van der Waals surface area contributed by atoms with E-state index in [1.807, 2.05) is 6.07 Å². The van der Waals surface area contributed by atoms with Crippen molar-refractivity contribution in [1.82, 2.24) is 5.32 Å². The molecule has 0 fully saturated rings. The van der Waals surface area contributed by atoms with E-state index >= 15 is 0 Å². The van der Waals surface area contributed by atoms with Crippen LogP contribution in [0.5, 0.6) is 0 Å². The number of benzene rings is 1. The number of nitrogens with zero attached hydrogens (tertiary/aromatic N) is 1. The van der Waals surface area contributed by atoms with Gasteiger partial charge in [0.05, 0.1) is 0 Å². The second-order valence-electron chi connectivity index (χ2n) is 4.49. The largest absolute Gasteiger partial charge is 0.370 e. The highest BCUT2D eigenvalue weighted by Crippen LogP contribution is 1.99. The van der Waals surface area contributed by atoms with Crippen molar-refractivity contribution >= 4 is 29.9 Å². The summed E-state index contributed by atoms with van der Waals surface area (Å²) < 4.78 is 0. The number of rotatable bonds is 8. The Hall–Kier alpha value is -0.780. The Morgan fingerprint density at radius 1 is 1.16 bits per heavy atom. The SMILES string of the molecule is CCCCCCN=C(N)NCCc1ccccc1.I. The smallest absolute Gasteiger partial charge is 0.188 e. The van der Waals surface area contributed by atoms with Crippen molar-refractivity contribution in [3.63, 3.8) is 0 Å². The monoisotopic (exact) mass is 375 g/mol. The van der Waals surface area contributed by atoms with Gasteiger partial charge >= 0.3 is 0 Å². The zero-order valence-corrected chi connectivity index (χ0v) is 14.1. The summed E-state index contributed by atoms with van der Waals surface area (Å²) in [7, 11) is 0. The Balaban J connectivity index is 0.00000324. The first-order valence-electron chi connectivity index (χ1n) is 6.90. The summed E-state index contributed by atoms with van der Waals surface area (Å²) in [5.74, 6) is 0.572. The number of nitrogens with one attached hydrogen (secondary N) is 1. The minimum absolute atomic E-state index is 0. The predicted molar refractivity (Wildman–Crippen MR) is 94.2 cm³/mol. The highest BCUT2D eigenvalue weighted by atomic mass is 127. The van der Waals surface area contributed by atoms with Crippen molar-refractivity contribution in [2.75, 3.05) is 13.1 Å². The van der Waals surface area contributed by atoms with E-state index in [2.05, 4.69) is 41.5 Å². The van der Waals surface area contributed by atoms with Crippen LogP contribution in [-0.2, 0) is 6.42 Å². The molecule has 0 heterocycles. The molecule has 0 amide bonds. The van der Waals surface area contributed by atoms with Gasteiger partial charge in [0.1, 0.15) is 0 Å². The van der Waals surface area contributed by atoms with Crippen LogP contribution in [0.4, 0.5) is 0 Å². The normalized spacial score (nSPS) is 10.9. The van der Waals surface area contributed by atoms with Gasteiger partial charge in [0.15, 0.2) is 5.96 Å². The molecule has 0 aromatic heterocycles. The maximum absolute atomic E-state index is 5.79. The molecular weight excluding hydrogens is 349 g/mol. The molecule has 1 rings (SSSR count). The summed E-state index contributed by atoms with van der Waals surface area (Å²) in [5, 5.41) is 3.15. The average molecular weight is 375 g/mol. The lowest BCUT2D eigenvalue weighted by atomic mass is 10.1. The number of halogens is 1. The summed E-state index contributed by atoms with van der Waals surface area (Å²) in [4.78, 5) is 4.31. The standard InChI is InChI=1S/C15H25N3.HI/c1-2-3-4-8-12-17-15(16)18-13-11-14-9-6-5-7-10-14;/h5-7,9-10H,2-4,8,11-13H2,1H3,(H3,16,17,18);1H. The Labute approximate surface area is 134 Å². The predicted octanol–water partition coefficient (Wildman–Crippen LogP) is 3.33. The zero-order chi connectivity index (χ0) is 13.1. The fourth-order valence-electron chi connectivity index (χ4n) is 1.77. The Kier molecular flexibility index (Phi) is 11.8. The van der Waals surface area contributed by atoms with Gasteiger partial charge in [0.25, 0.3) is 0 Å². The van der Waals surface area contributed by atoms with E-state index < -0.39 is 0 Å². The van der Waals surface area contributed by atoms with Gasteiger partial charge in [-0.2, -0.15) is 0 Å². The first kappa shape index (κ1) is 18.2. The van der Waals surface area contributed by atoms with Crippen molar-refractivity contribution in [3.05, 3.63) is 35.9 Å². The topological polar surface area (TPSA) is 50.4 Å². The molecule has 0 radical (unpaired) electrons. The van der Waals surface area contributed by atoms with Crippen LogP contribution in [0.3, 0.4) is 0 Å². The van der Waals surface area contributed by atoms with Crippen LogP contribution in [0, 0.1) is 0 Å². The van der Waals surface area contributed by atoms with Crippen molar-refractivity contribution in [2.24, 2.45) is 10.7 Å². The summed E-state index contributed by atoms with van der Waals surface area (Å²) >= 11 is 0. The van der Waals surface area contributed by atoms with Crippen LogP contribution in [-0.4, -0.2) is 19.0 Å². The third-order valence-corrected chi connectivity index (χ3v) is 2.86. The Bertz CT molecular complexity index is 339. The molecule has 19 heavy (non-hydrogen) atoms. The lowest BCUT2D eigenvalue weighted by Gasteiger charge is -2.05. The minimum Gasteiger partial charge on any atom is -0.370 e. The maximum atomic E-state index is 5.79. The highest BCUT2D eigenvalue weighted by Gasteiger charge is 1.93. The highest BCUT2D eigenvalue weighted by molar-refractivity contribution is 14.0. The van der Waals surface area contributed by atoms with E-state index in [4.69, 9.17) is 5.73 Å². The number of hydrogen-bond donors (Lipinski definition) is 2. The van der Waals surface area contributed by atoms with Crippen LogP contribution in [0.1, 0.15) is 38.2 Å².